The third kappa shape index (κ3) is 6.45. The number of methoxy groups -OCH3 is 1. The SMILES string of the molecule is COC(=O)CCCCNCCCc1ccc(C)o1. The number of esters is 1. The Morgan fingerprint density at radius 3 is 2.72 bits per heavy atom. The van der Waals surface area contributed by atoms with E-state index in [0.29, 0.717) is 6.42 Å². The summed E-state index contributed by atoms with van der Waals surface area (Å²) >= 11 is 0. The molecule has 1 aromatic rings. The molecule has 0 saturated carbocycles. The van der Waals surface area contributed by atoms with E-state index in [2.05, 4.69) is 10.1 Å². The van der Waals surface area contributed by atoms with Crippen LogP contribution in [0.2, 0.25) is 0 Å². The number of hydrogen-bond donors (Lipinski definition) is 1. The van der Waals surface area contributed by atoms with E-state index in [4.69, 9.17) is 4.42 Å². The number of carbonyl (C=O) groups is 1. The lowest BCUT2D eigenvalue weighted by Gasteiger charge is -2.03. The maximum atomic E-state index is 10.9. The molecule has 1 N–H and O–H groups in total. The second-order valence-electron chi connectivity index (χ2n) is 4.40. The maximum Gasteiger partial charge on any atom is 0.305 e. The molecule has 1 rings (SSSR count). The van der Waals surface area contributed by atoms with E-state index in [1.807, 2.05) is 19.1 Å². The van der Waals surface area contributed by atoms with E-state index >= 15 is 0 Å². The molecule has 1 aromatic heterocycles. The molecule has 0 unspecified atom stereocenters. The van der Waals surface area contributed by atoms with Crippen molar-refractivity contribution in [2.45, 2.75) is 39.0 Å². The van der Waals surface area contributed by atoms with Gasteiger partial charge in [0.1, 0.15) is 11.5 Å². The van der Waals surface area contributed by atoms with Gasteiger partial charge in [-0.25, -0.2) is 0 Å². The highest BCUT2D eigenvalue weighted by atomic mass is 16.5. The zero-order valence-electron chi connectivity index (χ0n) is 11.3. The second-order valence-corrected chi connectivity index (χ2v) is 4.40. The average molecular weight is 253 g/mol. The van der Waals surface area contributed by atoms with Gasteiger partial charge >= 0.3 is 5.97 Å². The molecule has 0 aromatic carbocycles. The van der Waals surface area contributed by atoms with Crippen molar-refractivity contribution in [2.75, 3.05) is 20.2 Å². The Kier molecular flexibility index (Phi) is 7.18. The molecule has 4 nitrogen and oxygen atoms in total. The number of nitrogens with one attached hydrogen (secondary N) is 1. The summed E-state index contributed by atoms with van der Waals surface area (Å²) in [5, 5.41) is 3.36. The first-order valence-electron chi connectivity index (χ1n) is 6.55. The molecule has 0 amide bonds. The fraction of sp³-hybridized carbons (Fsp3) is 0.643. The molecule has 102 valence electrons. The van der Waals surface area contributed by atoms with E-state index in [1.165, 1.54) is 7.11 Å². The minimum absolute atomic E-state index is 0.122. The molecule has 1 heterocycles. The van der Waals surface area contributed by atoms with Gasteiger partial charge in [0.15, 0.2) is 0 Å². The second kappa shape index (κ2) is 8.75. The summed E-state index contributed by atoms with van der Waals surface area (Å²) < 4.78 is 10.1. The Bertz CT molecular complexity index is 347. The van der Waals surface area contributed by atoms with Gasteiger partial charge in [0.05, 0.1) is 7.11 Å². The van der Waals surface area contributed by atoms with Crippen LogP contribution in [0.1, 0.15) is 37.2 Å². The Labute approximate surface area is 109 Å². The third-order valence-corrected chi connectivity index (χ3v) is 2.78. The van der Waals surface area contributed by atoms with Crippen LogP contribution in [-0.2, 0) is 16.0 Å². The number of ether oxygens (including phenoxy) is 1. The van der Waals surface area contributed by atoms with Crippen molar-refractivity contribution in [1.82, 2.24) is 5.32 Å². The Hall–Kier alpha value is -1.29. The minimum Gasteiger partial charge on any atom is -0.469 e. The highest BCUT2D eigenvalue weighted by molar-refractivity contribution is 5.68. The van der Waals surface area contributed by atoms with Crippen LogP contribution in [0.5, 0.6) is 0 Å². The number of furan rings is 1. The monoisotopic (exact) mass is 253 g/mol. The predicted octanol–water partition coefficient (Wildman–Crippen LogP) is 2.45. The first kappa shape index (κ1) is 14.8. The Morgan fingerprint density at radius 2 is 2.06 bits per heavy atom. The molecule has 0 bridgehead atoms. The lowest BCUT2D eigenvalue weighted by molar-refractivity contribution is -0.140. The largest absolute Gasteiger partial charge is 0.469 e. The average Bonchev–Trinajstić information content (AvgIpc) is 2.78. The van der Waals surface area contributed by atoms with Crippen molar-refractivity contribution in [2.24, 2.45) is 0 Å². The van der Waals surface area contributed by atoms with Gasteiger partial charge in [0.25, 0.3) is 0 Å². The summed E-state index contributed by atoms with van der Waals surface area (Å²) in [6, 6.07) is 4.03. The van der Waals surface area contributed by atoms with Gasteiger partial charge in [0, 0.05) is 12.8 Å². The first-order valence-corrected chi connectivity index (χ1v) is 6.55. The zero-order valence-corrected chi connectivity index (χ0v) is 11.3. The minimum atomic E-state index is -0.122. The number of hydrogen-bond acceptors (Lipinski definition) is 4. The van der Waals surface area contributed by atoms with Crippen LogP contribution in [0, 0.1) is 6.92 Å². The van der Waals surface area contributed by atoms with Gasteiger partial charge in [0.2, 0.25) is 0 Å². The summed E-state index contributed by atoms with van der Waals surface area (Å²) in [6.45, 7) is 3.90. The highest BCUT2D eigenvalue weighted by Crippen LogP contribution is 2.07. The van der Waals surface area contributed by atoms with Gasteiger partial charge < -0.3 is 14.5 Å². The molecule has 0 fully saturated rings. The topological polar surface area (TPSA) is 51.5 Å². The van der Waals surface area contributed by atoms with Gasteiger partial charge in [-0.2, -0.15) is 0 Å². The van der Waals surface area contributed by atoms with E-state index < -0.39 is 0 Å². The summed E-state index contributed by atoms with van der Waals surface area (Å²) in [5.41, 5.74) is 0. The Morgan fingerprint density at radius 1 is 1.28 bits per heavy atom. The predicted molar refractivity (Wildman–Crippen MR) is 70.5 cm³/mol. The van der Waals surface area contributed by atoms with Crippen LogP contribution in [0.4, 0.5) is 0 Å². The summed E-state index contributed by atoms with van der Waals surface area (Å²) in [7, 11) is 1.43. The van der Waals surface area contributed by atoms with E-state index in [-0.39, 0.29) is 5.97 Å². The highest BCUT2D eigenvalue weighted by Gasteiger charge is 2.00. The first-order chi connectivity index (χ1) is 8.72. The fourth-order valence-electron chi connectivity index (χ4n) is 1.75. The number of rotatable bonds is 9. The van der Waals surface area contributed by atoms with Crippen LogP contribution in [0.15, 0.2) is 16.5 Å². The van der Waals surface area contributed by atoms with E-state index in [9.17, 15) is 4.79 Å². The smallest absolute Gasteiger partial charge is 0.305 e. The number of unbranched alkanes of at least 4 members (excludes halogenated alkanes) is 1. The van der Waals surface area contributed by atoms with Crippen molar-refractivity contribution < 1.29 is 13.9 Å². The normalized spacial score (nSPS) is 10.6. The third-order valence-electron chi connectivity index (χ3n) is 2.78. The Balaban J connectivity index is 1.88. The zero-order chi connectivity index (χ0) is 13.2. The molecule has 4 heteroatoms. The van der Waals surface area contributed by atoms with Gasteiger partial charge in [-0.05, 0) is 51.4 Å². The van der Waals surface area contributed by atoms with Gasteiger partial charge in [-0.1, -0.05) is 0 Å². The van der Waals surface area contributed by atoms with Crippen molar-refractivity contribution in [1.29, 1.82) is 0 Å². The van der Waals surface area contributed by atoms with Crippen molar-refractivity contribution in [3.05, 3.63) is 23.7 Å². The quantitative estimate of drug-likeness (QED) is 0.542. The molecule has 0 aliphatic rings. The summed E-state index contributed by atoms with van der Waals surface area (Å²) in [5.74, 6) is 1.91. The van der Waals surface area contributed by atoms with Crippen LogP contribution in [-0.4, -0.2) is 26.2 Å². The van der Waals surface area contributed by atoms with E-state index in [1.54, 1.807) is 0 Å². The van der Waals surface area contributed by atoms with Crippen molar-refractivity contribution >= 4 is 5.97 Å². The number of carbonyl (C=O) groups excluding carboxylic acids is 1. The van der Waals surface area contributed by atoms with Gasteiger partial charge in [-0.15, -0.1) is 0 Å². The summed E-state index contributed by atoms with van der Waals surface area (Å²) in [4.78, 5) is 10.9. The van der Waals surface area contributed by atoms with Crippen molar-refractivity contribution in [3.63, 3.8) is 0 Å². The lowest BCUT2D eigenvalue weighted by atomic mass is 10.2. The van der Waals surface area contributed by atoms with Crippen LogP contribution in [0.25, 0.3) is 0 Å². The molecule has 0 aliphatic heterocycles. The lowest BCUT2D eigenvalue weighted by Crippen LogP contribution is -2.17. The molecule has 0 radical (unpaired) electrons. The number of aryl methyl sites for hydroxylation is 2. The van der Waals surface area contributed by atoms with E-state index in [0.717, 1.165) is 50.3 Å². The molecule has 18 heavy (non-hydrogen) atoms. The maximum absolute atomic E-state index is 10.9. The van der Waals surface area contributed by atoms with Crippen LogP contribution in [0.3, 0.4) is 0 Å². The molecular weight excluding hydrogens is 230 g/mol. The molecule has 0 aliphatic carbocycles. The molecular formula is C14H23NO3. The fourth-order valence-corrected chi connectivity index (χ4v) is 1.75. The standard InChI is InChI=1S/C14H23NO3/c1-12-8-9-13(18-12)6-5-11-15-10-4-3-7-14(16)17-2/h8-9,15H,3-7,10-11H2,1-2H3. The van der Waals surface area contributed by atoms with Crippen LogP contribution >= 0.6 is 0 Å². The molecule has 0 atom stereocenters. The molecule has 0 saturated heterocycles. The van der Waals surface area contributed by atoms with Crippen LogP contribution < -0.4 is 5.32 Å². The molecule has 0 spiro atoms. The summed E-state index contributed by atoms with van der Waals surface area (Å²) in [6.07, 6.45) is 4.46. The van der Waals surface area contributed by atoms with Crippen molar-refractivity contribution in [3.8, 4) is 0 Å². The van der Waals surface area contributed by atoms with Gasteiger partial charge in [-0.3, -0.25) is 4.79 Å².